The Morgan fingerprint density at radius 1 is 1.17 bits per heavy atom. The molecule has 1 saturated heterocycles. The van der Waals surface area contributed by atoms with Crippen LogP contribution in [-0.2, 0) is 6.42 Å². The van der Waals surface area contributed by atoms with E-state index in [1.807, 2.05) is 23.1 Å². The Kier molecular flexibility index (Phi) is 6.65. The molecule has 6 heteroatoms. The van der Waals surface area contributed by atoms with Crippen LogP contribution in [0.4, 0.5) is 5.82 Å². The van der Waals surface area contributed by atoms with Crippen molar-refractivity contribution in [2.24, 2.45) is 5.92 Å². The molecule has 3 heterocycles. The average molecular weight is 468 g/mol. The summed E-state index contributed by atoms with van der Waals surface area (Å²) in [6.45, 7) is 5.17. The van der Waals surface area contributed by atoms with E-state index in [1.54, 1.807) is 18.3 Å². The predicted molar refractivity (Wildman–Crippen MR) is 122 cm³/mol. The standard InChI is InChI=1S/C24H26BrN3O2/c1-18-17-27(15-12-19-7-3-2-4-8-19)16-13-20(18)28(23-9-5-6-14-26-23)24(29)21-10-11-22(25)30-21/h2-11,14,18,20H,12-13,15-17H2,1H3/t18-,20+/m1/s1. The van der Waals surface area contributed by atoms with Gasteiger partial charge in [-0.2, -0.15) is 0 Å². The number of pyridine rings is 1. The van der Waals surface area contributed by atoms with Crippen LogP contribution in [0.25, 0.3) is 0 Å². The van der Waals surface area contributed by atoms with E-state index in [2.05, 4.69) is 63.1 Å². The summed E-state index contributed by atoms with van der Waals surface area (Å²) in [5, 5.41) is 0. The number of nitrogens with zero attached hydrogens (tertiary/aromatic N) is 3. The minimum atomic E-state index is -0.144. The molecule has 1 aliphatic heterocycles. The van der Waals surface area contributed by atoms with Gasteiger partial charge in [0.15, 0.2) is 10.4 Å². The number of piperidine rings is 1. The van der Waals surface area contributed by atoms with Gasteiger partial charge < -0.3 is 9.32 Å². The molecule has 3 aromatic rings. The number of likely N-dealkylation sites (tertiary alicyclic amines) is 1. The highest BCUT2D eigenvalue weighted by Gasteiger charge is 2.36. The smallest absolute Gasteiger partial charge is 0.295 e. The van der Waals surface area contributed by atoms with E-state index in [0.717, 1.165) is 32.5 Å². The van der Waals surface area contributed by atoms with Gasteiger partial charge in [-0.25, -0.2) is 4.98 Å². The van der Waals surface area contributed by atoms with E-state index >= 15 is 0 Å². The van der Waals surface area contributed by atoms with Gasteiger partial charge in [0.05, 0.1) is 0 Å². The van der Waals surface area contributed by atoms with Gasteiger partial charge in [0.25, 0.3) is 5.91 Å². The maximum absolute atomic E-state index is 13.4. The fourth-order valence-electron chi connectivity index (χ4n) is 4.21. The van der Waals surface area contributed by atoms with Crippen LogP contribution in [0.2, 0.25) is 0 Å². The Bertz CT molecular complexity index is 961. The summed E-state index contributed by atoms with van der Waals surface area (Å²) in [5.41, 5.74) is 1.36. The zero-order valence-electron chi connectivity index (χ0n) is 17.1. The quantitative estimate of drug-likeness (QED) is 0.509. The molecule has 0 radical (unpaired) electrons. The lowest BCUT2D eigenvalue weighted by atomic mass is 9.91. The second kappa shape index (κ2) is 9.58. The van der Waals surface area contributed by atoms with E-state index in [-0.39, 0.29) is 11.9 Å². The number of amides is 1. The van der Waals surface area contributed by atoms with Crippen LogP contribution >= 0.6 is 15.9 Å². The first kappa shape index (κ1) is 20.8. The van der Waals surface area contributed by atoms with Crippen LogP contribution in [0.5, 0.6) is 0 Å². The molecule has 0 aliphatic carbocycles. The summed E-state index contributed by atoms with van der Waals surface area (Å²) in [5.74, 6) is 1.17. The lowest BCUT2D eigenvalue weighted by Crippen LogP contribution is -2.53. The van der Waals surface area contributed by atoms with Crippen molar-refractivity contribution in [1.82, 2.24) is 9.88 Å². The fraction of sp³-hybridized carbons (Fsp3) is 0.333. The second-order valence-electron chi connectivity index (χ2n) is 7.84. The molecule has 0 unspecified atom stereocenters. The Balaban J connectivity index is 1.48. The highest BCUT2D eigenvalue weighted by atomic mass is 79.9. The zero-order valence-corrected chi connectivity index (χ0v) is 18.7. The maximum Gasteiger partial charge on any atom is 0.295 e. The van der Waals surface area contributed by atoms with Crippen molar-refractivity contribution >= 4 is 27.7 Å². The lowest BCUT2D eigenvalue weighted by Gasteiger charge is -2.42. The Labute approximate surface area is 185 Å². The van der Waals surface area contributed by atoms with Crippen molar-refractivity contribution in [2.75, 3.05) is 24.5 Å². The third-order valence-electron chi connectivity index (χ3n) is 5.73. The number of carbonyl (C=O) groups excluding carboxylic acids is 1. The summed E-state index contributed by atoms with van der Waals surface area (Å²) in [6.07, 6.45) is 3.68. The molecule has 1 aliphatic rings. The number of carbonyl (C=O) groups is 1. The number of anilines is 1. The Morgan fingerprint density at radius 2 is 1.97 bits per heavy atom. The van der Waals surface area contributed by atoms with Gasteiger partial charge in [-0.1, -0.05) is 43.3 Å². The van der Waals surface area contributed by atoms with E-state index < -0.39 is 0 Å². The van der Waals surface area contributed by atoms with Gasteiger partial charge in [0.1, 0.15) is 5.82 Å². The molecular weight excluding hydrogens is 442 g/mol. The van der Waals surface area contributed by atoms with Gasteiger partial charge in [-0.05, 0) is 64.5 Å². The van der Waals surface area contributed by atoms with Crippen molar-refractivity contribution in [1.29, 1.82) is 0 Å². The molecule has 0 saturated carbocycles. The third kappa shape index (κ3) is 4.82. The second-order valence-corrected chi connectivity index (χ2v) is 8.62. The molecule has 5 nitrogen and oxygen atoms in total. The van der Waals surface area contributed by atoms with Crippen molar-refractivity contribution in [3.05, 3.63) is 82.9 Å². The van der Waals surface area contributed by atoms with E-state index in [9.17, 15) is 4.79 Å². The molecule has 4 rings (SSSR count). The molecule has 1 amide bonds. The van der Waals surface area contributed by atoms with Crippen molar-refractivity contribution < 1.29 is 9.21 Å². The molecule has 0 spiro atoms. The monoisotopic (exact) mass is 467 g/mol. The van der Waals surface area contributed by atoms with E-state index in [1.165, 1.54) is 5.56 Å². The Morgan fingerprint density at radius 3 is 2.63 bits per heavy atom. The highest BCUT2D eigenvalue weighted by molar-refractivity contribution is 9.10. The molecular formula is C24H26BrN3O2. The van der Waals surface area contributed by atoms with Crippen molar-refractivity contribution in [3.8, 4) is 0 Å². The predicted octanol–water partition coefficient (Wildman–Crippen LogP) is 5.04. The number of benzene rings is 1. The minimum absolute atomic E-state index is 0.0734. The summed E-state index contributed by atoms with van der Waals surface area (Å²) in [4.78, 5) is 22.2. The molecule has 0 bridgehead atoms. The Hall–Kier alpha value is -2.44. The van der Waals surface area contributed by atoms with Gasteiger partial charge in [0.2, 0.25) is 0 Å². The summed E-state index contributed by atoms with van der Waals surface area (Å²) in [6, 6.07) is 19.8. The number of furan rings is 1. The van der Waals surface area contributed by atoms with Crippen LogP contribution in [0.3, 0.4) is 0 Å². The number of aromatic nitrogens is 1. The normalized spacial score (nSPS) is 19.5. The number of rotatable bonds is 6. The molecule has 2 atom stereocenters. The molecule has 0 N–H and O–H groups in total. The number of halogens is 1. The third-order valence-corrected chi connectivity index (χ3v) is 6.16. The summed E-state index contributed by atoms with van der Waals surface area (Å²) >= 11 is 3.30. The first-order valence-corrected chi connectivity index (χ1v) is 11.2. The molecule has 156 valence electrons. The van der Waals surface area contributed by atoms with E-state index in [0.29, 0.717) is 22.2 Å². The van der Waals surface area contributed by atoms with Gasteiger partial charge >= 0.3 is 0 Å². The molecule has 2 aromatic heterocycles. The van der Waals surface area contributed by atoms with Gasteiger partial charge in [-0.3, -0.25) is 9.69 Å². The number of hydrogen-bond acceptors (Lipinski definition) is 4. The van der Waals surface area contributed by atoms with Gasteiger partial charge in [0, 0.05) is 31.9 Å². The van der Waals surface area contributed by atoms with Crippen molar-refractivity contribution in [2.45, 2.75) is 25.8 Å². The molecule has 1 fully saturated rings. The van der Waals surface area contributed by atoms with Crippen LogP contribution in [0.1, 0.15) is 29.5 Å². The summed E-state index contributed by atoms with van der Waals surface area (Å²) < 4.78 is 6.12. The molecule has 1 aromatic carbocycles. The average Bonchev–Trinajstić information content (AvgIpc) is 3.21. The van der Waals surface area contributed by atoms with Gasteiger partial charge in [-0.15, -0.1) is 0 Å². The van der Waals surface area contributed by atoms with Crippen LogP contribution in [0.15, 0.2) is 75.9 Å². The van der Waals surface area contributed by atoms with Crippen LogP contribution in [0, 0.1) is 5.92 Å². The zero-order chi connectivity index (χ0) is 20.9. The topological polar surface area (TPSA) is 49.6 Å². The van der Waals surface area contributed by atoms with E-state index in [4.69, 9.17) is 4.42 Å². The highest BCUT2D eigenvalue weighted by Crippen LogP contribution is 2.29. The first-order chi connectivity index (χ1) is 14.6. The fourth-order valence-corrected chi connectivity index (χ4v) is 4.51. The van der Waals surface area contributed by atoms with Crippen LogP contribution < -0.4 is 4.90 Å². The molecule has 30 heavy (non-hydrogen) atoms. The first-order valence-electron chi connectivity index (χ1n) is 10.4. The van der Waals surface area contributed by atoms with Crippen molar-refractivity contribution in [3.63, 3.8) is 0 Å². The number of hydrogen-bond donors (Lipinski definition) is 0. The summed E-state index contributed by atoms with van der Waals surface area (Å²) in [7, 11) is 0. The van der Waals surface area contributed by atoms with Crippen LogP contribution in [-0.4, -0.2) is 41.5 Å². The lowest BCUT2D eigenvalue weighted by molar-refractivity contribution is 0.0904. The minimum Gasteiger partial charge on any atom is -0.444 e. The maximum atomic E-state index is 13.4. The SMILES string of the molecule is C[C@@H]1CN(CCc2ccccc2)CC[C@@H]1N(C(=O)c1ccc(Br)o1)c1ccccn1. The largest absolute Gasteiger partial charge is 0.444 e.